The number of quaternary nitrogens is 1. The Morgan fingerprint density at radius 1 is 1.24 bits per heavy atom. The van der Waals surface area contributed by atoms with Crippen LogP contribution in [0.15, 0.2) is 34.5 Å². The molecule has 0 unspecified atom stereocenters. The van der Waals surface area contributed by atoms with E-state index in [9.17, 15) is 9.90 Å². The van der Waals surface area contributed by atoms with Crippen LogP contribution in [0.25, 0.3) is 10.9 Å². The van der Waals surface area contributed by atoms with Crippen LogP contribution in [0.1, 0.15) is 34.1 Å². The number of carbonyl (C=O) groups excluding carboxylic acids is 1. The molecule has 2 aromatic rings. The molecule has 2 rings (SSSR count). The first-order valence-electron chi connectivity index (χ1n) is 9.06. The zero-order chi connectivity index (χ0) is 18.4. The monoisotopic (exact) mass is 345 g/mol. The van der Waals surface area contributed by atoms with Gasteiger partial charge in [0.2, 0.25) is 5.88 Å². The maximum atomic E-state index is 11.8. The van der Waals surface area contributed by atoms with Crippen molar-refractivity contribution >= 4 is 22.5 Å². The molecule has 2 N–H and O–H groups in total. The van der Waals surface area contributed by atoms with Gasteiger partial charge in [0.1, 0.15) is 0 Å². The van der Waals surface area contributed by atoms with E-state index < -0.39 is 0 Å². The minimum absolute atomic E-state index is 0.0776. The summed E-state index contributed by atoms with van der Waals surface area (Å²) in [6.45, 7) is 12.0. The van der Waals surface area contributed by atoms with E-state index in [0.717, 1.165) is 30.5 Å². The molecule has 0 saturated carbocycles. The van der Waals surface area contributed by atoms with Gasteiger partial charge in [-0.3, -0.25) is 4.79 Å². The van der Waals surface area contributed by atoms with Gasteiger partial charge in [0.05, 0.1) is 31.7 Å². The van der Waals surface area contributed by atoms with E-state index in [1.54, 1.807) is 0 Å². The summed E-state index contributed by atoms with van der Waals surface area (Å²) in [5, 5.41) is 19.3. The van der Waals surface area contributed by atoms with Gasteiger partial charge in [0.15, 0.2) is 5.69 Å². The Hall–Kier alpha value is -2.21. The lowest BCUT2D eigenvalue weighted by Gasteiger charge is -2.16. The molecule has 0 spiro atoms. The summed E-state index contributed by atoms with van der Waals surface area (Å²) in [4.78, 5) is 13.3. The predicted molar refractivity (Wildman–Crippen MR) is 99.5 cm³/mol. The van der Waals surface area contributed by atoms with Gasteiger partial charge in [0.25, 0.3) is 5.91 Å². The van der Waals surface area contributed by atoms with Crippen LogP contribution in [-0.2, 0) is 11.3 Å². The van der Waals surface area contributed by atoms with Gasteiger partial charge in [-0.25, -0.2) is 0 Å². The first kappa shape index (κ1) is 19.1. The summed E-state index contributed by atoms with van der Waals surface area (Å²) in [5.74, 6) is 0.0473. The summed E-state index contributed by atoms with van der Waals surface area (Å²) in [7, 11) is 0. The van der Waals surface area contributed by atoms with Gasteiger partial charge in [-0.2, -0.15) is 0 Å². The average molecular weight is 345 g/mol. The lowest BCUT2D eigenvalue weighted by molar-refractivity contribution is -0.897. The molecule has 0 saturated heterocycles. The fourth-order valence-electron chi connectivity index (χ4n) is 2.97. The minimum Gasteiger partial charge on any atom is -0.493 e. The van der Waals surface area contributed by atoms with Gasteiger partial charge in [-0.15, -0.1) is 10.2 Å². The van der Waals surface area contributed by atoms with Crippen molar-refractivity contribution in [1.82, 2.24) is 4.57 Å². The molecular formula is C19H29N4O2+. The highest BCUT2D eigenvalue weighted by atomic mass is 16.3. The maximum Gasteiger partial charge on any atom is 0.265 e. The Balaban J connectivity index is 2.33. The number of para-hydroxylation sites is 1. The third-order valence-electron chi connectivity index (χ3n) is 4.45. The van der Waals surface area contributed by atoms with Crippen molar-refractivity contribution in [2.24, 2.45) is 16.1 Å². The highest BCUT2D eigenvalue weighted by Crippen LogP contribution is 2.38. The highest BCUT2D eigenvalue weighted by Gasteiger charge is 2.17. The highest BCUT2D eigenvalue weighted by molar-refractivity contribution is 5.95. The topological polar surface area (TPSA) is 71.4 Å². The SMILES string of the molecule is CC[NH+](CC)CCn1c(O)c(N=NC(=O)CC(C)C)c2ccccc21. The lowest BCUT2D eigenvalue weighted by atomic mass is 10.1. The van der Waals surface area contributed by atoms with E-state index in [2.05, 4.69) is 24.1 Å². The molecule has 0 bridgehead atoms. The maximum absolute atomic E-state index is 11.8. The molecule has 25 heavy (non-hydrogen) atoms. The summed E-state index contributed by atoms with van der Waals surface area (Å²) >= 11 is 0. The molecular weight excluding hydrogens is 316 g/mol. The summed E-state index contributed by atoms with van der Waals surface area (Å²) in [5.41, 5.74) is 1.29. The number of benzene rings is 1. The quantitative estimate of drug-likeness (QED) is 0.722. The van der Waals surface area contributed by atoms with Crippen molar-refractivity contribution < 1.29 is 14.8 Å². The Kier molecular flexibility index (Phi) is 6.70. The van der Waals surface area contributed by atoms with Gasteiger partial charge >= 0.3 is 0 Å². The number of rotatable bonds is 8. The average Bonchev–Trinajstić information content (AvgIpc) is 2.85. The first-order valence-corrected chi connectivity index (χ1v) is 9.06. The summed E-state index contributed by atoms with van der Waals surface area (Å²) < 4.78 is 1.86. The molecule has 1 amide bonds. The molecule has 1 aromatic heterocycles. The fraction of sp³-hybridized carbons (Fsp3) is 0.526. The van der Waals surface area contributed by atoms with E-state index >= 15 is 0 Å². The molecule has 0 radical (unpaired) electrons. The van der Waals surface area contributed by atoms with Gasteiger partial charge in [-0.1, -0.05) is 32.0 Å². The van der Waals surface area contributed by atoms with Crippen molar-refractivity contribution in [3.8, 4) is 5.88 Å². The van der Waals surface area contributed by atoms with Gasteiger partial charge in [-0.05, 0) is 25.8 Å². The molecule has 1 heterocycles. The molecule has 0 aliphatic carbocycles. The number of amides is 1. The van der Waals surface area contributed by atoms with Gasteiger partial charge in [0, 0.05) is 11.8 Å². The zero-order valence-electron chi connectivity index (χ0n) is 15.6. The number of azo groups is 1. The van der Waals surface area contributed by atoms with E-state index in [1.807, 2.05) is 42.7 Å². The number of aromatic nitrogens is 1. The number of fused-ring (bicyclic) bond motifs is 1. The standard InChI is InChI=1S/C19H28N4O2/c1-5-22(6-2)11-12-23-16-10-8-7-9-15(16)18(19(23)25)21-20-17(24)13-14(3)4/h7-10,14,25H,5-6,11-13H2,1-4H3/p+1. The largest absolute Gasteiger partial charge is 0.493 e. The molecule has 0 fully saturated rings. The van der Waals surface area contributed by atoms with Gasteiger partial charge < -0.3 is 14.6 Å². The van der Waals surface area contributed by atoms with Crippen molar-refractivity contribution in [2.45, 2.75) is 40.7 Å². The van der Waals surface area contributed by atoms with Crippen molar-refractivity contribution in [2.75, 3.05) is 19.6 Å². The van der Waals surface area contributed by atoms with Crippen LogP contribution < -0.4 is 4.90 Å². The fourth-order valence-corrected chi connectivity index (χ4v) is 2.97. The van der Waals surface area contributed by atoms with E-state index in [4.69, 9.17) is 0 Å². The molecule has 0 aliphatic heterocycles. The number of nitrogens with zero attached hydrogens (tertiary/aromatic N) is 3. The Morgan fingerprint density at radius 3 is 2.56 bits per heavy atom. The number of carbonyl (C=O) groups is 1. The molecule has 6 heteroatoms. The van der Waals surface area contributed by atoms with Crippen LogP contribution in [-0.4, -0.2) is 35.2 Å². The normalized spacial score (nSPS) is 12.1. The number of hydrogen-bond donors (Lipinski definition) is 2. The van der Waals surface area contributed by atoms with Crippen molar-refractivity contribution in [3.63, 3.8) is 0 Å². The first-order chi connectivity index (χ1) is 12.0. The van der Waals surface area contributed by atoms with E-state index in [1.165, 1.54) is 4.90 Å². The molecule has 0 atom stereocenters. The Morgan fingerprint density at radius 2 is 1.92 bits per heavy atom. The summed E-state index contributed by atoms with van der Waals surface area (Å²) in [6.07, 6.45) is 0.355. The lowest BCUT2D eigenvalue weighted by Crippen LogP contribution is -3.11. The van der Waals surface area contributed by atoms with Crippen LogP contribution in [0.5, 0.6) is 5.88 Å². The zero-order valence-corrected chi connectivity index (χ0v) is 15.6. The third kappa shape index (κ3) is 4.66. The second kappa shape index (κ2) is 8.76. The second-order valence-corrected chi connectivity index (χ2v) is 6.74. The number of aromatic hydroxyl groups is 1. The third-order valence-corrected chi connectivity index (χ3v) is 4.45. The number of likely N-dealkylation sites (N-methyl/N-ethyl adjacent to an activating group) is 1. The molecule has 1 aromatic carbocycles. The molecule has 6 nitrogen and oxygen atoms in total. The van der Waals surface area contributed by atoms with E-state index in [0.29, 0.717) is 18.7 Å². The predicted octanol–water partition coefficient (Wildman–Crippen LogP) is 2.93. The van der Waals surface area contributed by atoms with Crippen LogP contribution in [0.2, 0.25) is 0 Å². The Labute approximate surface area is 149 Å². The van der Waals surface area contributed by atoms with Crippen LogP contribution >= 0.6 is 0 Å². The van der Waals surface area contributed by atoms with Crippen LogP contribution in [0.4, 0.5) is 5.69 Å². The molecule has 136 valence electrons. The molecule has 0 aliphatic rings. The van der Waals surface area contributed by atoms with Crippen LogP contribution in [0, 0.1) is 5.92 Å². The number of nitrogens with one attached hydrogen (secondary N) is 1. The smallest absolute Gasteiger partial charge is 0.265 e. The second-order valence-electron chi connectivity index (χ2n) is 6.74. The Bertz CT molecular complexity index is 745. The van der Waals surface area contributed by atoms with Crippen molar-refractivity contribution in [3.05, 3.63) is 24.3 Å². The summed E-state index contributed by atoms with van der Waals surface area (Å²) in [6, 6.07) is 7.70. The van der Waals surface area contributed by atoms with E-state index in [-0.39, 0.29) is 17.7 Å². The van der Waals surface area contributed by atoms with Crippen molar-refractivity contribution in [1.29, 1.82) is 0 Å². The number of hydrogen-bond acceptors (Lipinski definition) is 3. The van der Waals surface area contributed by atoms with Crippen LogP contribution in [0.3, 0.4) is 0 Å². The minimum atomic E-state index is -0.265.